The summed E-state index contributed by atoms with van der Waals surface area (Å²) in [4.78, 5) is 30.2. The second-order valence-electron chi connectivity index (χ2n) is 9.08. The van der Waals surface area contributed by atoms with Crippen LogP contribution < -0.4 is 4.74 Å². The number of ketones is 1. The number of hydrogen-bond acceptors (Lipinski definition) is 6. The monoisotopic (exact) mass is 496 g/mol. The number of aliphatic hydroxyl groups excluding tert-OH is 1. The number of amides is 1. The second-order valence-corrected chi connectivity index (χ2v) is 9.08. The van der Waals surface area contributed by atoms with Gasteiger partial charge in [-0.05, 0) is 54.8 Å². The number of hydrogen-bond donors (Lipinski definition) is 1. The summed E-state index contributed by atoms with van der Waals surface area (Å²) in [6.45, 7) is 6.83. The van der Waals surface area contributed by atoms with Crippen LogP contribution in [0.1, 0.15) is 43.4 Å². The van der Waals surface area contributed by atoms with Crippen molar-refractivity contribution in [3.8, 4) is 5.75 Å². The van der Waals surface area contributed by atoms with Crippen LogP contribution in [-0.4, -0.2) is 72.6 Å². The van der Waals surface area contributed by atoms with Crippen molar-refractivity contribution >= 4 is 17.4 Å². The second kappa shape index (κ2) is 12.1. The number of carbonyl (C=O) groups is 2. The van der Waals surface area contributed by atoms with Gasteiger partial charge >= 0.3 is 0 Å². The molecule has 2 aliphatic heterocycles. The lowest BCUT2D eigenvalue weighted by Gasteiger charge is -2.29. The number of carbonyl (C=O) groups excluding carboxylic acids is 2. The van der Waals surface area contributed by atoms with E-state index in [1.54, 1.807) is 0 Å². The maximum absolute atomic E-state index is 13.5. The smallest absolute Gasteiger partial charge is 0.295 e. The molecule has 0 spiro atoms. The first kappa shape index (κ1) is 25.9. The van der Waals surface area contributed by atoms with Crippen LogP contribution in [0.5, 0.6) is 5.75 Å². The summed E-state index contributed by atoms with van der Waals surface area (Å²) in [7, 11) is 0. The highest BCUT2D eigenvalue weighted by atomic mass is 19.1. The van der Waals surface area contributed by atoms with Gasteiger partial charge in [0.05, 0.1) is 31.4 Å². The molecule has 1 atom stereocenters. The summed E-state index contributed by atoms with van der Waals surface area (Å²) < 4.78 is 24.7. The Balaban J connectivity index is 1.66. The molecule has 0 bridgehead atoms. The maximum atomic E-state index is 13.5. The van der Waals surface area contributed by atoms with E-state index in [0.29, 0.717) is 44.1 Å². The minimum Gasteiger partial charge on any atom is -0.507 e. The van der Waals surface area contributed by atoms with Gasteiger partial charge in [0.1, 0.15) is 17.3 Å². The van der Waals surface area contributed by atoms with Gasteiger partial charge in [-0.2, -0.15) is 0 Å². The third-order valence-electron chi connectivity index (χ3n) is 6.58. The Morgan fingerprint density at radius 2 is 1.83 bits per heavy atom. The lowest BCUT2D eigenvalue weighted by Crippen LogP contribution is -2.38. The molecule has 7 nitrogen and oxygen atoms in total. The zero-order valence-corrected chi connectivity index (χ0v) is 20.6. The molecule has 2 aliphatic rings. The summed E-state index contributed by atoms with van der Waals surface area (Å²) in [5.74, 6) is -1.52. The Morgan fingerprint density at radius 1 is 1.08 bits per heavy atom. The number of halogens is 1. The van der Waals surface area contributed by atoms with E-state index in [-0.39, 0.29) is 16.9 Å². The van der Waals surface area contributed by atoms with Gasteiger partial charge in [0.2, 0.25) is 0 Å². The van der Waals surface area contributed by atoms with Gasteiger partial charge in [-0.3, -0.25) is 14.5 Å². The lowest BCUT2D eigenvalue weighted by atomic mass is 9.95. The van der Waals surface area contributed by atoms with Crippen molar-refractivity contribution in [2.45, 2.75) is 32.2 Å². The minimum absolute atomic E-state index is 0.00342. The number of unbranched alkanes of at least 4 members (excludes halogenated alkanes) is 1. The van der Waals surface area contributed by atoms with Crippen molar-refractivity contribution in [3.05, 3.63) is 71.0 Å². The fourth-order valence-corrected chi connectivity index (χ4v) is 4.62. The van der Waals surface area contributed by atoms with Crippen LogP contribution in [0, 0.1) is 5.82 Å². The molecular weight excluding hydrogens is 463 g/mol. The predicted molar refractivity (Wildman–Crippen MR) is 134 cm³/mol. The molecule has 1 amide bonds. The van der Waals surface area contributed by atoms with Gasteiger partial charge in [-0.25, -0.2) is 4.39 Å². The number of likely N-dealkylation sites (tertiary alicyclic amines) is 1. The van der Waals surface area contributed by atoms with Crippen LogP contribution in [0.3, 0.4) is 0 Å². The first-order valence-corrected chi connectivity index (χ1v) is 12.6. The zero-order valence-electron chi connectivity index (χ0n) is 20.6. The Bertz CT molecular complexity index is 1100. The summed E-state index contributed by atoms with van der Waals surface area (Å²) in [5.41, 5.74) is 0.963. The predicted octanol–water partition coefficient (Wildman–Crippen LogP) is 4.15. The molecule has 2 aromatic carbocycles. The highest BCUT2D eigenvalue weighted by Crippen LogP contribution is 2.40. The largest absolute Gasteiger partial charge is 0.507 e. The molecule has 8 heteroatoms. The van der Waals surface area contributed by atoms with Gasteiger partial charge < -0.3 is 19.5 Å². The van der Waals surface area contributed by atoms with Gasteiger partial charge in [0.25, 0.3) is 11.7 Å². The molecular formula is C28H33FN2O5. The topological polar surface area (TPSA) is 79.3 Å². The molecule has 1 unspecified atom stereocenters. The average molecular weight is 497 g/mol. The van der Waals surface area contributed by atoms with Crippen LogP contribution in [0.15, 0.2) is 54.1 Å². The standard InChI is InChI=1S/C28H33FN2O5/c1-2-3-16-36-23-7-4-6-21(19-23)25-24(26(32)20-8-10-22(29)11-9-20)27(33)28(34)31(25)13-5-12-30-14-17-35-18-15-30/h4,6-11,19,25,32H,2-3,5,12-18H2,1H3/b26-24+. The van der Waals surface area contributed by atoms with Crippen molar-refractivity contribution in [1.29, 1.82) is 0 Å². The average Bonchev–Trinajstić information content (AvgIpc) is 3.15. The van der Waals surface area contributed by atoms with E-state index >= 15 is 0 Å². The third-order valence-corrected chi connectivity index (χ3v) is 6.58. The molecule has 0 aliphatic carbocycles. The van der Waals surface area contributed by atoms with E-state index in [1.807, 2.05) is 24.3 Å². The molecule has 2 saturated heterocycles. The Kier molecular flexibility index (Phi) is 8.72. The van der Waals surface area contributed by atoms with Gasteiger partial charge in [-0.15, -0.1) is 0 Å². The SMILES string of the molecule is CCCCOc1cccc(C2/C(=C(\O)c3ccc(F)cc3)C(=O)C(=O)N2CCCN2CCOCC2)c1. The summed E-state index contributed by atoms with van der Waals surface area (Å²) in [6, 6.07) is 11.8. The van der Waals surface area contributed by atoms with E-state index in [2.05, 4.69) is 11.8 Å². The number of nitrogens with zero attached hydrogens (tertiary/aromatic N) is 2. The third kappa shape index (κ3) is 5.94. The van der Waals surface area contributed by atoms with E-state index < -0.39 is 23.5 Å². The quantitative estimate of drug-likeness (QED) is 0.230. The van der Waals surface area contributed by atoms with E-state index in [0.717, 1.165) is 32.5 Å². The van der Waals surface area contributed by atoms with Crippen LogP contribution in [0.25, 0.3) is 5.76 Å². The van der Waals surface area contributed by atoms with Crippen molar-refractivity contribution in [1.82, 2.24) is 9.80 Å². The first-order valence-electron chi connectivity index (χ1n) is 12.6. The molecule has 2 aromatic rings. The van der Waals surface area contributed by atoms with E-state index in [9.17, 15) is 19.1 Å². The summed E-state index contributed by atoms with van der Waals surface area (Å²) in [5, 5.41) is 11.1. The maximum Gasteiger partial charge on any atom is 0.295 e. The number of rotatable bonds is 10. The molecule has 2 fully saturated rings. The number of ether oxygens (including phenoxy) is 2. The molecule has 0 saturated carbocycles. The van der Waals surface area contributed by atoms with Gasteiger partial charge in [-0.1, -0.05) is 25.5 Å². The van der Waals surface area contributed by atoms with Crippen LogP contribution in [-0.2, 0) is 14.3 Å². The van der Waals surface area contributed by atoms with E-state index in [1.165, 1.54) is 29.2 Å². The number of aliphatic hydroxyl groups is 1. The van der Waals surface area contributed by atoms with Crippen molar-refractivity contribution < 1.29 is 28.6 Å². The fourth-order valence-electron chi connectivity index (χ4n) is 4.62. The number of benzene rings is 2. The Hall–Kier alpha value is -3.23. The van der Waals surface area contributed by atoms with Crippen molar-refractivity contribution in [3.63, 3.8) is 0 Å². The Labute approximate surface area is 211 Å². The molecule has 36 heavy (non-hydrogen) atoms. The number of Topliss-reactive ketones (excluding diaryl/α,β-unsaturated/α-hetero) is 1. The van der Waals surface area contributed by atoms with Crippen LogP contribution in [0.4, 0.5) is 4.39 Å². The molecule has 4 rings (SSSR count). The number of morpholine rings is 1. The zero-order chi connectivity index (χ0) is 25.5. The highest BCUT2D eigenvalue weighted by molar-refractivity contribution is 6.46. The van der Waals surface area contributed by atoms with Gasteiger partial charge in [0.15, 0.2) is 0 Å². The normalized spacial score (nSPS) is 20.2. The van der Waals surface area contributed by atoms with E-state index in [4.69, 9.17) is 9.47 Å². The highest BCUT2D eigenvalue weighted by Gasteiger charge is 2.46. The molecule has 0 radical (unpaired) electrons. The minimum atomic E-state index is -0.769. The Morgan fingerprint density at radius 3 is 2.56 bits per heavy atom. The van der Waals surface area contributed by atoms with Crippen LogP contribution >= 0.6 is 0 Å². The van der Waals surface area contributed by atoms with Crippen LogP contribution in [0.2, 0.25) is 0 Å². The molecule has 2 heterocycles. The van der Waals surface area contributed by atoms with Gasteiger partial charge in [0, 0.05) is 31.7 Å². The molecule has 1 N–H and O–H groups in total. The molecule has 0 aromatic heterocycles. The first-order chi connectivity index (χ1) is 17.5. The lowest BCUT2D eigenvalue weighted by molar-refractivity contribution is -0.140. The summed E-state index contributed by atoms with van der Waals surface area (Å²) in [6.07, 6.45) is 2.59. The van der Waals surface area contributed by atoms with Crippen molar-refractivity contribution in [2.75, 3.05) is 46.0 Å². The molecule has 192 valence electrons. The summed E-state index contributed by atoms with van der Waals surface area (Å²) >= 11 is 0. The van der Waals surface area contributed by atoms with Crippen molar-refractivity contribution in [2.24, 2.45) is 0 Å². The fraction of sp³-hybridized carbons (Fsp3) is 0.429.